The molecule has 1 aromatic carbocycles. The molecule has 0 aliphatic heterocycles. The molecule has 10 heteroatoms. The smallest absolute Gasteiger partial charge is 0.200 e. The van der Waals surface area contributed by atoms with Gasteiger partial charge in [-0.25, -0.2) is 0 Å². The molecule has 24 heavy (non-hydrogen) atoms. The maximum absolute atomic E-state index is 5.94. The molecule has 5 aromatic rings. The number of hydrogen-bond acceptors (Lipinski definition) is 7. The summed E-state index contributed by atoms with van der Waals surface area (Å²) >= 11 is 7.39. The Bertz CT molecular complexity index is 1170. The Kier molecular flexibility index (Phi) is 2.84. The molecule has 0 unspecified atom stereocenters. The van der Waals surface area contributed by atoms with Gasteiger partial charge in [0.1, 0.15) is 5.01 Å². The van der Waals surface area contributed by atoms with Crippen LogP contribution in [0.15, 0.2) is 42.6 Å². The van der Waals surface area contributed by atoms with Crippen LogP contribution in [-0.2, 0) is 0 Å². The zero-order valence-electron chi connectivity index (χ0n) is 11.9. The van der Waals surface area contributed by atoms with Gasteiger partial charge in [-0.05, 0) is 46.8 Å². The van der Waals surface area contributed by atoms with E-state index in [1.54, 1.807) is 9.03 Å². The second kappa shape index (κ2) is 5.05. The number of rotatable bonds is 2. The number of hydrogen-bond donors (Lipinski definition) is 0. The van der Waals surface area contributed by atoms with E-state index in [4.69, 9.17) is 11.6 Å². The van der Waals surface area contributed by atoms with Crippen molar-refractivity contribution >= 4 is 33.5 Å². The average Bonchev–Trinajstić information content (AvgIpc) is 3.30. The molecule has 0 saturated heterocycles. The Morgan fingerprint density at radius 2 is 1.75 bits per heavy atom. The van der Waals surface area contributed by atoms with Crippen LogP contribution in [0.4, 0.5) is 0 Å². The van der Waals surface area contributed by atoms with Gasteiger partial charge in [-0.1, -0.05) is 22.9 Å². The highest BCUT2D eigenvalue weighted by Crippen LogP contribution is 2.28. The van der Waals surface area contributed by atoms with E-state index in [9.17, 15) is 0 Å². The lowest BCUT2D eigenvalue weighted by Gasteiger charge is -1.97. The molecule has 0 amide bonds. The van der Waals surface area contributed by atoms with Crippen molar-refractivity contribution in [2.45, 2.75) is 0 Å². The summed E-state index contributed by atoms with van der Waals surface area (Å²) in [7, 11) is 0. The van der Waals surface area contributed by atoms with E-state index in [2.05, 4.69) is 30.8 Å². The van der Waals surface area contributed by atoms with Gasteiger partial charge < -0.3 is 0 Å². The van der Waals surface area contributed by atoms with Crippen LogP contribution in [-0.4, -0.2) is 39.9 Å². The van der Waals surface area contributed by atoms with E-state index < -0.39 is 0 Å². The lowest BCUT2D eigenvalue weighted by molar-refractivity contribution is 0.823. The van der Waals surface area contributed by atoms with Gasteiger partial charge >= 0.3 is 0 Å². The third-order valence-corrected chi connectivity index (χ3v) is 4.73. The number of benzene rings is 1. The van der Waals surface area contributed by atoms with Crippen molar-refractivity contribution in [2.75, 3.05) is 0 Å². The van der Waals surface area contributed by atoms with E-state index in [1.807, 2.05) is 42.6 Å². The molecule has 0 fully saturated rings. The molecule has 0 radical (unpaired) electrons. The average molecular weight is 355 g/mol. The predicted molar refractivity (Wildman–Crippen MR) is 88.9 cm³/mol. The van der Waals surface area contributed by atoms with Gasteiger partial charge in [0.05, 0.1) is 0 Å². The van der Waals surface area contributed by atoms with Crippen LogP contribution >= 0.6 is 22.9 Å². The minimum Gasteiger partial charge on any atom is -0.200 e. The monoisotopic (exact) mass is 354 g/mol. The van der Waals surface area contributed by atoms with Crippen molar-refractivity contribution in [3.63, 3.8) is 0 Å². The van der Waals surface area contributed by atoms with E-state index in [0.29, 0.717) is 21.5 Å². The predicted octanol–water partition coefficient (Wildman–Crippen LogP) is 2.61. The molecule has 5 rings (SSSR count). The van der Waals surface area contributed by atoms with E-state index in [1.165, 1.54) is 11.3 Å². The second-order valence-corrected chi connectivity index (χ2v) is 6.42. The van der Waals surface area contributed by atoms with E-state index >= 15 is 0 Å². The Hall–Kier alpha value is -2.91. The van der Waals surface area contributed by atoms with Crippen molar-refractivity contribution in [3.05, 3.63) is 47.6 Å². The van der Waals surface area contributed by atoms with Crippen molar-refractivity contribution in [1.82, 2.24) is 39.9 Å². The topological polar surface area (TPSA) is 86.2 Å². The van der Waals surface area contributed by atoms with Crippen molar-refractivity contribution in [3.8, 4) is 22.0 Å². The summed E-state index contributed by atoms with van der Waals surface area (Å²) in [6.45, 7) is 0. The number of halogens is 1. The quantitative estimate of drug-likeness (QED) is 0.484. The van der Waals surface area contributed by atoms with Crippen LogP contribution in [0.2, 0.25) is 5.02 Å². The van der Waals surface area contributed by atoms with Crippen LogP contribution in [0.1, 0.15) is 0 Å². The van der Waals surface area contributed by atoms with Crippen LogP contribution in [0.25, 0.3) is 32.6 Å². The number of aromatic nitrogens is 8. The summed E-state index contributed by atoms with van der Waals surface area (Å²) in [5.74, 6) is 0.674. The highest BCUT2D eigenvalue weighted by atomic mass is 35.5. The fourth-order valence-electron chi connectivity index (χ4n) is 2.38. The number of fused-ring (bicyclic) bond motifs is 2. The molecule has 0 spiro atoms. The molecule has 4 heterocycles. The van der Waals surface area contributed by atoms with Crippen LogP contribution < -0.4 is 0 Å². The number of tetrazole rings is 1. The normalized spacial score (nSPS) is 11.5. The molecule has 0 N–H and O–H groups in total. The maximum atomic E-state index is 5.94. The molecule has 0 atom stereocenters. The first-order valence-electron chi connectivity index (χ1n) is 6.94. The minimum atomic E-state index is 0.674. The third kappa shape index (κ3) is 2.06. The van der Waals surface area contributed by atoms with Crippen LogP contribution in [0, 0.1) is 0 Å². The Balaban J connectivity index is 1.64. The Morgan fingerprint density at radius 1 is 0.917 bits per heavy atom. The van der Waals surface area contributed by atoms with Gasteiger partial charge in [-0.15, -0.1) is 15.3 Å². The molecule has 0 aliphatic carbocycles. The Labute approximate surface area is 143 Å². The standard InChI is InChI=1S/C14H7ClN8S/c15-10-4-1-8(2-5-10)12-17-18-14-23(12)19-13(24-14)9-3-6-11-16-20-21-22(11)7-9/h1-7H. The fraction of sp³-hybridized carbons (Fsp3) is 0. The van der Waals surface area contributed by atoms with Gasteiger partial charge in [0.15, 0.2) is 11.5 Å². The Morgan fingerprint density at radius 3 is 2.62 bits per heavy atom. The van der Waals surface area contributed by atoms with Gasteiger partial charge in [-0.3, -0.25) is 0 Å². The highest BCUT2D eigenvalue weighted by molar-refractivity contribution is 7.19. The molecule has 0 saturated carbocycles. The largest absolute Gasteiger partial charge is 0.235 e. The SMILES string of the molecule is Clc1ccc(-c2nnc3sc(-c4ccc5nnnn5c4)nn23)cc1. The summed E-state index contributed by atoms with van der Waals surface area (Å²) in [5, 5.41) is 26.0. The minimum absolute atomic E-state index is 0.674. The van der Waals surface area contributed by atoms with Gasteiger partial charge in [0.2, 0.25) is 4.96 Å². The van der Waals surface area contributed by atoms with Gasteiger partial charge in [-0.2, -0.15) is 14.1 Å². The summed E-state index contributed by atoms with van der Waals surface area (Å²) in [5.41, 5.74) is 2.50. The number of nitrogens with zero attached hydrogens (tertiary/aromatic N) is 8. The molecular formula is C14H7ClN8S. The molecule has 4 aromatic heterocycles. The fourth-order valence-corrected chi connectivity index (χ4v) is 3.34. The molecular weight excluding hydrogens is 348 g/mol. The van der Waals surface area contributed by atoms with Crippen molar-refractivity contribution < 1.29 is 0 Å². The van der Waals surface area contributed by atoms with Crippen molar-refractivity contribution in [1.29, 1.82) is 0 Å². The first kappa shape index (κ1) is 13.5. The van der Waals surface area contributed by atoms with Crippen LogP contribution in [0.3, 0.4) is 0 Å². The third-order valence-electron chi connectivity index (χ3n) is 3.53. The summed E-state index contributed by atoms with van der Waals surface area (Å²) in [6.07, 6.45) is 1.84. The van der Waals surface area contributed by atoms with Gasteiger partial charge in [0.25, 0.3) is 0 Å². The molecule has 116 valence electrons. The zero-order valence-corrected chi connectivity index (χ0v) is 13.5. The maximum Gasteiger partial charge on any atom is 0.235 e. The highest BCUT2D eigenvalue weighted by Gasteiger charge is 2.15. The number of pyridine rings is 1. The summed E-state index contributed by atoms with van der Waals surface area (Å²) in [4.78, 5) is 0.715. The molecule has 0 aliphatic rings. The lowest BCUT2D eigenvalue weighted by atomic mass is 10.2. The van der Waals surface area contributed by atoms with Crippen LogP contribution in [0.5, 0.6) is 0 Å². The summed E-state index contributed by atoms with van der Waals surface area (Å²) < 4.78 is 3.34. The summed E-state index contributed by atoms with van der Waals surface area (Å²) in [6, 6.07) is 11.2. The van der Waals surface area contributed by atoms with E-state index in [0.717, 1.165) is 16.1 Å². The molecule has 8 nitrogen and oxygen atoms in total. The second-order valence-electron chi connectivity index (χ2n) is 5.03. The molecule has 0 bridgehead atoms. The first-order chi connectivity index (χ1) is 11.8. The first-order valence-corrected chi connectivity index (χ1v) is 8.14. The lowest BCUT2D eigenvalue weighted by Crippen LogP contribution is -1.92. The van der Waals surface area contributed by atoms with E-state index in [-0.39, 0.29) is 0 Å². The van der Waals surface area contributed by atoms with Crippen molar-refractivity contribution in [2.24, 2.45) is 0 Å². The van der Waals surface area contributed by atoms with Gasteiger partial charge in [0, 0.05) is 22.3 Å². The zero-order chi connectivity index (χ0) is 16.1.